The second-order valence-electron chi connectivity index (χ2n) is 3.23. The fourth-order valence-electron chi connectivity index (χ4n) is 1.17. The zero-order chi connectivity index (χ0) is 13.8. The molecular weight excluding hydrogens is 236 g/mol. The second kappa shape index (κ2) is 10.7. The molecule has 0 aromatic carbocycles. The van der Waals surface area contributed by atoms with Crippen LogP contribution < -0.4 is 0 Å². The molecule has 0 aliphatic heterocycles. The summed E-state index contributed by atoms with van der Waals surface area (Å²) in [7, 11) is 1.30. The van der Waals surface area contributed by atoms with Crippen LogP contribution >= 0.6 is 0 Å². The Morgan fingerprint density at radius 3 is 2.33 bits per heavy atom. The van der Waals surface area contributed by atoms with E-state index >= 15 is 0 Å². The Kier molecular flexibility index (Phi) is 9.86. The van der Waals surface area contributed by atoms with E-state index in [4.69, 9.17) is 14.6 Å². The van der Waals surface area contributed by atoms with Gasteiger partial charge in [0, 0.05) is 0 Å². The first-order chi connectivity index (χ1) is 8.71. The predicted molar refractivity (Wildman–Crippen MR) is 68.2 cm³/mol. The molecule has 0 radical (unpaired) electrons. The van der Waals surface area contributed by atoms with Crippen molar-refractivity contribution in [2.24, 2.45) is 0 Å². The fraction of sp³-hybridized carbons (Fsp3) is 0.462. The maximum absolute atomic E-state index is 11.4. The minimum absolute atomic E-state index is 0.0131. The summed E-state index contributed by atoms with van der Waals surface area (Å²) < 4.78 is 15.0. The maximum Gasteiger partial charge on any atom is 0.338 e. The van der Waals surface area contributed by atoms with E-state index < -0.39 is 5.97 Å². The second-order valence-corrected chi connectivity index (χ2v) is 3.23. The van der Waals surface area contributed by atoms with E-state index in [-0.39, 0.29) is 19.8 Å². The number of aliphatic hydroxyl groups is 1. The van der Waals surface area contributed by atoms with E-state index in [0.29, 0.717) is 24.4 Å². The third-order valence-corrected chi connectivity index (χ3v) is 2.07. The zero-order valence-electron chi connectivity index (χ0n) is 10.7. The van der Waals surface area contributed by atoms with Crippen LogP contribution in [0.2, 0.25) is 0 Å². The van der Waals surface area contributed by atoms with Crippen LogP contribution in [-0.4, -0.2) is 51.2 Å². The van der Waals surface area contributed by atoms with Crippen molar-refractivity contribution < 1.29 is 24.1 Å². The standard InChI is InChI=1S/C13H20O5/c1-4-11(12(5-2)13(15)16-3)10-18-9-8-17-7-6-14/h4-5,14H,1-2,6-10H2,3H3/b12-11-. The quantitative estimate of drug-likeness (QED) is 0.272. The lowest BCUT2D eigenvalue weighted by Crippen LogP contribution is -2.11. The van der Waals surface area contributed by atoms with Gasteiger partial charge >= 0.3 is 5.97 Å². The van der Waals surface area contributed by atoms with Crippen molar-refractivity contribution in [3.8, 4) is 0 Å². The highest BCUT2D eigenvalue weighted by Gasteiger charge is 2.10. The van der Waals surface area contributed by atoms with Gasteiger partial charge in [0.25, 0.3) is 0 Å². The summed E-state index contributed by atoms with van der Waals surface area (Å²) in [5, 5.41) is 8.49. The molecule has 0 aromatic rings. The number of carbonyl (C=O) groups is 1. The Balaban J connectivity index is 4.23. The minimum atomic E-state index is -0.472. The van der Waals surface area contributed by atoms with Gasteiger partial charge in [0.15, 0.2) is 0 Å². The lowest BCUT2D eigenvalue weighted by Gasteiger charge is -2.08. The van der Waals surface area contributed by atoms with Crippen LogP contribution in [0.1, 0.15) is 0 Å². The van der Waals surface area contributed by atoms with E-state index in [0.717, 1.165) is 0 Å². The first-order valence-electron chi connectivity index (χ1n) is 5.53. The summed E-state index contributed by atoms with van der Waals surface area (Å²) in [6.45, 7) is 8.41. The summed E-state index contributed by atoms with van der Waals surface area (Å²) >= 11 is 0. The molecule has 0 aliphatic rings. The van der Waals surface area contributed by atoms with Crippen LogP contribution in [0.5, 0.6) is 0 Å². The molecule has 0 heterocycles. The molecule has 5 heteroatoms. The topological polar surface area (TPSA) is 65.0 Å². The van der Waals surface area contributed by atoms with E-state index in [2.05, 4.69) is 17.9 Å². The van der Waals surface area contributed by atoms with Gasteiger partial charge in [0.1, 0.15) is 0 Å². The Labute approximate surface area is 107 Å². The molecule has 0 aliphatic carbocycles. The predicted octanol–water partition coefficient (Wildman–Crippen LogP) is 0.853. The zero-order valence-corrected chi connectivity index (χ0v) is 10.7. The van der Waals surface area contributed by atoms with E-state index in [1.807, 2.05) is 0 Å². The van der Waals surface area contributed by atoms with Crippen molar-refractivity contribution >= 4 is 5.97 Å². The monoisotopic (exact) mass is 256 g/mol. The molecule has 0 aromatic heterocycles. The average Bonchev–Trinajstić information content (AvgIpc) is 2.40. The van der Waals surface area contributed by atoms with Gasteiger partial charge in [-0.25, -0.2) is 4.79 Å². The van der Waals surface area contributed by atoms with Gasteiger partial charge in [-0.05, 0) is 5.57 Å². The third kappa shape index (κ3) is 6.34. The molecule has 0 saturated carbocycles. The van der Waals surface area contributed by atoms with Crippen LogP contribution in [-0.2, 0) is 19.0 Å². The van der Waals surface area contributed by atoms with Gasteiger partial charge in [-0.3, -0.25) is 0 Å². The van der Waals surface area contributed by atoms with Gasteiger partial charge in [0.2, 0.25) is 0 Å². The summed E-state index contributed by atoms with van der Waals surface area (Å²) in [4.78, 5) is 11.4. The van der Waals surface area contributed by atoms with Gasteiger partial charge in [-0.15, -0.1) is 0 Å². The molecule has 1 N–H and O–H groups in total. The number of aliphatic hydroxyl groups excluding tert-OH is 1. The number of methoxy groups -OCH3 is 1. The van der Waals surface area contributed by atoms with Crippen molar-refractivity contribution in [3.63, 3.8) is 0 Å². The van der Waals surface area contributed by atoms with Crippen molar-refractivity contribution in [1.82, 2.24) is 0 Å². The van der Waals surface area contributed by atoms with Crippen molar-refractivity contribution in [2.45, 2.75) is 0 Å². The fourth-order valence-corrected chi connectivity index (χ4v) is 1.17. The molecule has 102 valence electrons. The Bertz CT molecular complexity index is 307. The Hall–Kier alpha value is -1.43. The van der Waals surface area contributed by atoms with Gasteiger partial charge < -0.3 is 19.3 Å². The highest BCUT2D eigenvalue weighted by molar-refractivity contribution is 5.92. The van der Waals surface area contributed by atoms with Crippen LogP contribution in [0.25, 0.3) is 0 Å². The molecule has 0 unspecified atom stereocenters. The van der Waals surface area contributed by atoms with Crippen LogP contribution in [0, 0.1) is 0 Å². The van der Waals surface area contributed by atoms with Crippen LogP contribution in [0.4, 0.5) is 0 Å². The molecule has 0 bridgehead atoms. The molecule has 5 nitrogen and oxygen atoms in total. The van der Waals surface area contributed by atoms with Gasteiger partial charge in [-0.2, -0.15) is 0 Å². The minimum Gasteiger partial charge on any atom is -0.465 e. The molecule has 0 amide bonds. The van der Waals surface area contributed by atoms with Crippen LogP contribution in [0.3, 0.4) is 0 Å². The average molecular weight is 256 g/mol. The number of carbonyl (C=O) groups excluding carboxylic acids is 1. The number of hydrogen-bond donors (Lipinski definition) is 1. The largest absolute Gasteiger partial charge is 0.465 e. The highest BCUT2D eigenvalue weighted by atomic mass is 16.5. The number of ether oxygens (including phenoxy) is 3. The van der Waals surface area contributed by atoms with E-state index in [9.17, 15) is 4.79 Å². The Morgan fingerprint density at radius 1 is 1.17 bits per heavy atom. The van der Waals surface area contributed by atoms with E-state index in [1.165, 1.54) is 19.3 Å². The molecule has 18 heavy (non-hydrogen) atoms. The summed E-state index contributed by atoms with van der Waals surface area (Å²) in [6, 6.07) is 0. The van der Waals surface area contributed by atoms with Gasteiger partial charge in [-0.1, -0.05) is 25.3 Å². The van der Waals surface area contributed by atoms with Crippen molar-refractivity contribution in [1.29, 1.82) is 0 Å². The first kappa shape index (κ1) is 16.6. The number of esters is 1. The maximum atomic E-state index is 11.4. The smallest absolute Gasteiger partial charge is 0.338 e. The molecule has 0 saturated heterocycles. The summed E-state index contributed by atoms with van der Waals surface area (Å²) in [5.41, 5.74) is 0.947. The lowest BCUT2D eigenvalue weighted by molar-refractivity contribution is -0.135. The van der Waals surface area contributed by atoms with E-state index in [1.54, 1.807) is 0 Å². The molecule has 0 atom stereocenters. The van der Waals surface area contributed by atoms with Crippen LogP contribution in [0.15, 0.2) is 36.5 Å². The normalized spacial score (nSPS) is 11.7. The van der Waals surface area contributed by atoms with Gasteiger partial charge in [0.05, 0.1) is 45.7 Å². The number of rotatable bonds is 10. The lowest BCUT2D eigenvalue weighted by atomic mass is 10.1. The third-order valence-electron chi connectivity index (χ3n) is 2.07. The SMILES string of the molecule is C=C/C(COCCOCCO)=C(\C=C)C(=O)OC. The molecule has 0 spiro atoms. The number of hydrogen-bond acceptors (Lipinski definition) is 5. The molecule has 0 fully saturated rings. The first-order valence-corrected chi connectivity index (χ1v) is 5.53. The van der Waals surface area contributed by atoms with Crippen molar-refractivity contribution in [3.05, 3.63) is 36.5 Å². The summed E-state index contributed by atoms with van der Waals surface area (Å²) in [6.07, 6.45) is 2.94. The highest BCUT2D eigenvalue weighted by Crippen LogP contribution is 2.09. The Morgan fingerprint density at radius 2 is 1.83 bits per heavy atom. The molecular formula is C13H20O5. The van der Waals surface area contributed by atoms with Crippen molar-refractivity contribution in [2.75, 3.05) is 40.1 Å². The molecule has 0 rings (SSSR count). The summed E-state index contributed by atoms with van der Waals surface area (Å²) in [5.74, 6) is -0.472.